The normalized spacial score (nSPS) is 10.3. The molecule has 0 spiro atoms. The quantitative estimate of drug-likeness (QED) is 0.789. The minimum absolute atomic E-state index is 0. The topological polar surface area (TPSA) is 59.0 Å². The maximum absolute atomic E-state index is 13.2. The highest BCUT2D eigenvalue weighted by atomic mass is 35.5. The number of hydrogen-bond acceptors (Lipinski definition) is 3. The van der Waals surface area contributed by atoms with Crippen LogP contribution in [0.5, 0.6) is 0 Å². The van der Waals surface area contributed by atoms with E-state index in [0.29, 0.717) is 30.5 Å². The molecule has 9 heteroatoms. The first kappa shape index (κ1) is 21.6. The van der Waals surface area contributed by atoms with E-state index in [1.54, 1.807) is 31.3 Å². The zero-order valence-electron chi connectivity index (χ0n) is 12.6. The zero-order valence-corrected chi connectivity index (χ0v) is 14.2. The van der Waals surface area contributed by atoms with Crippen LogP contribution in [0.1, 0.15) is 18.8 Å². The van der Waals surface area contributed by atoms with E-state index in [-0.39, 0.29) is 43.0 Å². The number of fused-ring (bicyclic) bond motifs is 1. The van der Waals surface area contributed by atoms with Crippen molar-refractivity contribution in [2.24, 2.45) is 0 Å². The first-order valence-electron chi connectivity index (χ1n) is 6.78. The molecular weight excluding hydrogens is 349 g/mol. The molecule has 1 aromatic heterocycles. The fourth-order valence-electron chi connectivity index (χ4n) is 2.13. The predicted molar refractivity (Wildman–Crippen MR) is 90.7 cm³/mol. The van der Waals surface area contributed by atoms with Crippen molar-refractivity contribution in [3.05, 3.63) is 30.1 Å². The van der Waals surface area contributed by atoms with Crippen LogP contribution in [0.4, 0.5) is 8.78 Å². The Kier molecular flexibility index (Phi) is 9.71. The molecule has 0 fully saturated rings. The molecular formula is C14H20Cl2F2N4O. The van der Waals surface area contributed by atoms with Gasteiger partial charge in [0.25, 0.3) is 0 Å². The van der Waals surface area contributed by atoms with Crippen LogP contribution in [-0.4, -0.2) is 35.6 Å². The van der Waals surface area contributed by atoms with Crippen molar-refractivity contribution >= 4 is 41.8 Å². The van der Waals surface area contributed by atoms with Gasteiger partial charge in [0.15, 0.2) is 0 Å². The largest absolute Gasteiger partial charge is 0.356 e. The van der Waals surface area contributed by atoms with Gasteiger partial charge in [-0.2, -0.15) is 8.78 Å². The van der Waals surface area contributed by atoms with Gasteiger partial charge in [-0.15, -0.1) is 24.8 Å². The van der Waals surface area contributed by atoms with E-state index in [4.69, 9.17) is 0 Å². The van der Waals surface area contributed by atoms with Crippen molar-refractivity contribution in [3.8, 4) is 0 Å². The van der Waals surface area contributed by atoms with E-state index >= 15 is 0 Å². The molecule has 2 aromatic rings. The van der Waals surface area contributed by atoms with Crippen LogP contribution in [0.15, 0.2) is 24.3 Å². The van der Waals surface area contributed by atoms with Crippen LogP contribution in [0.3, 0.4) is 0 Å². The lowest BCUT2D eigenvalue weighted by atomic mass is 10.3. The van der Waals surface area contributed by atoms with Crippen molar-refractivity contribution in [2.45, 2.75) is 19.4 Å². The minimum Gasteiger partial charge on any atom is -0.356 e. The summed E-state index contributed by atoms with van der Waals surface area (Å²) < 4.78 is 27.3. The number of rotatable bonds is 7. The molecule has 5 nitrogen and oxygen atoms in total. The van der Waals surface area contributed by atoms with Crippen molar-refractivity contribution in [2.75, 3.05) is 20.1 Å². The minimum atomic E-state index is -2.65. The number of hydrogen-bond donors (Lipinski definition) is 2. The molecule has 2 N–H and O–H groups in total. The molecule has 0 aliphatic heterocycles. The molecule has 1 amide bonds. The van der Waals surface area contributed by atoms with Crippen LogP contribution >= 0.6 is 24.8 Å². The molecule has 1 aromatic carbocycles. The molecule has 2 rings (SSSR count). The van der Waals surface area contributed by atoms with Crippen LogP contribution in [0, 0.1) is 0 Å². The molecule has 0 atom stereocenters. The van der Waals surface area contributed by atoms with Gasteiger partial charge >= 0.3 is 6.55 Å². The summed E-state index contributed by atoms with van der Waals surface area (Å²) in [7, 11) is 1.76. The Morgan fingerprint density at radius 3 is 2.61 bits per heavy atom. The second-order valence-corrected chi connectivity index (χ2v) is 4.62. The number of aromatic nitrogens is 2. The molecule has 0 unspecified atom stereocenters. The summed E-state index contributed by atoms with van der Waals surface area (Å²) in [4.78, 5) is 15.7. The first-order valence-corrected chi connectivity index (χ1v) is 6.78. The van der Waals surface area contributed by atoms with Crippen LogP contribution in [0.2, 0.25) is 0 Å². The zero-order chi connectivity index (χ0) is 15.2. The number of carbonyl (C=O) groups is 1. The van der Waals surface area contributed by atoms with Gasteiger partial charge in [0.1, 0.15) is 5.82 Å². The Hall–Kier alpha value is -1.44. The monoisotopic (exact) mass is 368 g/mol. The summed E-state index contributed by atoms with van der Waals surface area (Å²) in [6.45, 7) is -1.77. The predicted octanol–water partition coefficient (Wildman–Crippen LogP) is 2.54. The highest BCUT2D eigenvalue weighted by Gasteiger charge is 2.17. The Balaban J connectivity index is 0.00000242. The smallest absolute Gasteiger partial charge is 0.320 e. The van der Waals surface area contributed by atoms with Gasteiger partial charge < -0.3 is 10.6 Å². The van der Waals surface area contributed by atoms with Gasteiger partial charge in [-0.3, -0.25) is 9.36 Å². The standard InChI is InChI=1S/C14H18F2N4O.2ClH/c1-17-8-7-13(21)18-9-6-12-19-10-4-2-3-5-11(10)20(12)14(15)16;;/h2-5,14,17H,6-9H2,1H3,(H,18,21);2*1H. The lowest BCUT2D eigenvalue weighted by Crippen LogP contribution is -2.28. The Morgan fingerprint density at radius 1 is 1.26 bits per heavy atom. The van der Waals surface area contributed by atoms with Crippen LogP contribution < -0.4 is 10.6 Å². The van der Waals surface area contributed by atoms with Crippen molar-refractivity contribution < 1.29 is 13.6 Å². The molecule has 130 valence electrons. The maximum Gasteiger partial charge on any atom is 0.320 e. The van der Waals surface area contributed by atoms with Gasteiger partial charge in [-0.25, -0.2) is 4.98 Å². The van der Waals surface area contributed by atoms with E-state index in [1.165, 1.54) is 0 Å². The number of carbonyl (C=O) groups excluding carboxylic acids is 1. The third-order valence-corrected chi connectivity index (χ3v) is 3.14. The second-order valence-electron chi connectivity index (χ2n) is 4.62. The SMILES string of the molecule is CNCCC(=O)NCCc1nc2ccccc2n1C(F)F.Cl.Cl. The lowest BCUT2D eigenvalue weighted by molar-refractivity contribution is -0.120. The maximum atomic E-state index is 13.2. The highest BCUT2D eigenvalue weighted by molar-refractivity contribution is 5.85. The lowest BCUT2D eigenvalue weighted by Gasteiger charge is -2.08. The molecule has 0 aliphatic carbocycles. The van der Waals surface area contributed by atoms with E-state index in [2.05, 4.69) is 15.6 Å². The Morgan fingerprint density at radius 2 is 1.96 bits per heavy atom. The van der Waals surface area contributed by atoms with Crippen LogP contribution in [-0.2, 0) is 11.2 Å². The third kappa shape index (κ3) is 5.60. The van der Waals surface area contributed by atoms with E-state index < -0.39 is 6.55 Å². The first-order chi connectivity index (χ1) is 10.1. The van der Waals surface area contributed by atoms with E-state index in [0.717, 1.165) is 4.57 Å². The van der Waals surface area contributed by atoms with Gasteiger partial charge in [-0.05, 0) is 19.2 Å². The average molecular weight is 369 g/mol. The fourth-order valence-corrected chi connectivity index (χ4v) is 2.13. The number of nitrogens with zero attached hydrogens (tertiary/aromatic N) is 2. The number of imidazole rings is 1. The number of para-hydroxylation sites is 2. The van der Waals surface area contributed by atoms with E-state index in [9.17, 15) is 13.6 Å². The molecule has 0 saturated carbocycles. The van der Waals surface area contributed by atoms with Gasteiger partial charge in [0.05, 0.1) is 11.0 Å². The molecule has 1 heterocycles. The summed E-state index contributed by atoms with van der Waals surface area (Å²) in [5.41, 5.74) is 0.943. The van der Waals surface area contributed by atoms with E-state index in [1.807, 2.05) is 0 Å². The molecule has 0 aliphatic rings. The summed E-state index contributed by atoms with van der Waals surface area (Å²) in [6.07, 6.45) is 0.631. The molecule has 0 saturated heterocycles. The number of alkyl halides is 2. The number of nitrogens with one attached hydrogen (secondary N) is 2. The van der Waals surface area contributed by atoms with Gasteiger partial charge in [0, 0.05) is 25.9 Å². The summed E-state index contributed by atoms with van der Waals surface area (Å²) in [6, 6.07) is 6.77. The fraction of sp³-hybridized carbons (Fsp3) is 0.429. The summed E-state index contributed by atoms with van der Waals surface area (Å²) in [5.74, 6) is 0.171. The number of halogens is 4. The second kappa shape index (κ2) is 10.4. The van der Waals surface area contributed by atoms with Crippen molar-refractivity contribution in [3.63, 3.8) is 0 Å². The number of amides is 1. The average Bonchev–Trinajstić information content (AvgIpc) is 2.83. The van der Waals surface area contributed by atoms with Gasteiger partial charge in [-0.1, -0.05) is 12.1 Å². The molecule has 23 heavy (non-hydrogen) atoms. The van der Waals surface area contributed by atoms with Crippen LogP contribution in [0.25, 0.3) is 11.0 Å². The highest BCUT2D eigenvalue weighted by Crippen LogP contribution is 2.23. The van der Waals surface area contributed by atoms with Crippen molar-refractivity contribution in [1.82, 2.24) is 20.2 Å². The third-order valence-electron chi connectivity index (χ3n) is 3.14. The molecule has 0 radical (unpaired) electrons. The number of benzene rings is 1. The molecule has 0 bridgehead atoms. The summed E-state index contributed by atoms with van der Waals surface area (Å²) in [5, 5.41) is 5.57. The summed E-state index contributed by atoms with van der Waals surface area (Å²) >= 11 is 0. The Bertz CT molecular complexity index is 622. The van der Waals surface area contributed by atoms with Gasteiger partial charge in [0.2, 0.25) is 5.91 Å². The Labute approximate surface area is 145 Å². The van der Waals surface area contributed by atoms with Crippen molar-refractivity contribution in [1.29, 1.82) is 0 Å².